The van der Waals surface area contributed by atoms with Gasteiger partial charge < -0.3 is 10.2 Å². The van der Waals surface area contributed by atoms with Gasteiger partial charge in [0.05, 0.1) is 0 Å². The lowest BCUT2D eigenvalue weighted by Gasteiger charge is -2.34. The summed E-state index contributed by atoms with van der Waals surface area (Å²) in [5.41, 5.74) is 3.28. The van der Waals surface area contributed by atoms with E-state index < -0.39 is 0 Å². The van der Waals surface area contributed by atoms with Crippen molar-refractivity contribution in [3.8, 4) is 0 Å². The Labute approximate surface area is 200 Å². The monoisotopic (exact) mass is 463 g/mol. The van der Waals surface area contributed by atoms with Crippen molar-refractivity contribution in [2.75, 3.05) is 44.2 Å². The van der Waals surface area contributed by atoms with Gasteiger partial charge in [-0.25, -0.2) is 4.98 Å². The van der Waals surface area contributed by atoms with E-state index in [1.165, 1.54) is 35.5 Å². The van der Waals surface area contributed by atoms with Crippen molar-refractivity contribution < 1.29 is 4.79 Å². The molecule has 1 aliphatic rings. The molecule has 1 aliphatic heterocycles. The molecule has 2 heterocycles. The van der Waals surface area contributed by atoms with Crippen molar-refractivity contribution in [1.82, 2.24) is 19.6 Å². The number of carbonyl (C=O) groups excluding carboxylic acids is 1. The van der Waals surface area contributed by atoms with E-state index in [0.29, 0.717) is 6.54 Å². The minimum Gasteiger partial charge on any atom is -0.351 e. The average Bonchev–Trinajstić information content (AvgIpc) is 3.32. The van der Waals surface area contributed by atoms with Gasteiger partial charge in [0.15, 0.2) is 0 Å². The van der Waals surface area contributed by atoms with Crippen LogP contribution in [0.4, 0.5) is 5.13 Å². The first kappa shape index (κ1) is 23.4. The number of aryl methyl sites for hydroxylation is 1. The zero-order valence-electron chi connectivity index (χ0n) is 19.4. The number of nitrogens with one attached hydrogen (secondary N) is 1. The summed E-state index contributed by atoms with van der Waals surface area (Å²) in [5, 5.41) is 4.07. The number of piperazine rings is 1. The van der Waals surface area contributed by atoms with Crippen molar-refractivity contribution in [2.45, 2.75) is 32.6 Å². The Bertz CT molecular complexity index is 997. The Kier molecular flexibility index (Phi) is 8.44. The molecule has 174 valence electrons. The summed E-state index contributed by atoms with van der Waals surface area (Å²) < 4.78 is 4.55. The minimum absolute atomic E-state index is 0.00971. The summed E-state index contributed by atoms with van der Waals surface area (Å²) in [6.07, 6.45) is 4.23. The Morgan fingerprint density at radius 3 is 2.48 bits per heavy atom. The molecule has 7 heteroatoms. The number of benzene rings is 2. The summed E-state index contributed by atoms with van der Waals surface area (Å²) >= 11 is 1.49. The highest BCUT2D eigenvalue weighted by Crippen LogP contribution is 2.20. The minimum atomic E-state index is 0.00971. The number of hydrogen-bond donors (Lipinski definition) is 1. The maximum absolute atomic E-state index is 12.4. The van der Waals surface area contributed by atoms with Gasteiger partial charge in [-0.05, 0) is 36.1 Å². The molecule has 6 nitrogen and oxygen atoms in total. The molecule has 1 N–H and O–H groups in total. The number of unbranched alkanes of at least 4 members (excludes halogenated alkanes) is 1. The van der Waals surface area contributed by atoms with E-state index in [-0.39, 0.29) is 5.91 Å². The molecule has 1 fully saturated rings. The van der Waals surface area contributed by atoms with E-state index in [4.69, 9.17) is 4.98 Å². The molecule has 1 saturated heterocycles. The van der Waals surface area contributed by atoms with Crippen molar-refractivity contribution >= 4 is 22.6 Å². The Morgan fingerprint density at radius 1 is 1.00 bits per heavy atom. The maximum atomic E-state index is 12.4. The number of carbonyl (C=O) groups is 1. The van der Waals surface area contributed by atoms with Crippen molar-refractivity contribution in [2.24, 2.45) is 0 Å². The molecule has 0 unspecified atom stereocenters. The number of nitrogens with zero attached hydrogens (tertiary/aromatic N) is 4. The standard InChI is InChI=1S/C26H33N5OS/c1-2-3-7-21-10-12-23(13-11-21)25(32)27-14-15-30-16-18-31(19-17-30)26-28-24(29-33-26)20-22-8-5-4-6-9-22/h4-6,8-13H,2-3,7,14-20H2,1H3,(H,27,32). The smallest absolute Gasteiger partial charge is 0.251 e. The third kappa shape index (κ3) is 6.85. The second kappa shape index (κ2) is 11.9. The number of aromatic nitrogens is 2. The van der Waals surface area contributed by atoms with Gasteiger partial charge >= 0.3 is 0 Å². The van der Waals surface area contributed by atoms with Crippen LogP contribution in [0.5, 0.6) is 0 Å². The van der Waals surface area contributed by atoms with E-state index in [0.717, 1.165) is 62.1 Å². The first-order valence-electron chi connectivity index (χ1n) is 11.9. The molecular formula is C26H33N5OS. The van der Waals surface area contributed by atoms with Gasteiger partial charge in [-0.2, -0.15) is 4.37 Å². The number of hydrogen-bond acceptors (Lipinski definition) is 6. The summed E-state index contributed by atoms with van der Waals surface area (Å²) in [6.45, 7) is 7.53. The van der Waals surface area contributed by atoms with Crippen LogP contribution < -0.4 is 10.2 Å². The van der Waals surface area contributed by atoms with E-state index in [1.54, 1.807) is 0 Å². The van der Waals surface area contributed by atoms with Gasteiger partial charge in [0, 0.05) is 62.8 Å². The van der Waals surface area contributed by atoms with Gasteiger partial charge in [-0.15, -0.1) is 0 Å². The maximum Gasteiger partial charge on any atom is 0.251 e. The van der Waals surface area contributed by atoms with Crippen LogP contribution in [-0.2, 0) is 12.8 Å². The SMILES string of the molecule is CCCCc1ccc(C(=O)NCCN2CCN(c3nc(Cc4ccccc4)ns3)CC2)cc1. The highest BCUT2D eigenvalue weighted by atomic mass is 32.1. The molecule has 4 rings (SSSR count). The third-order valence-electron chi connectivity index (χ3n) is 6.05. The lowest BCUT2D eigenvalue weighted by atomic mass is 10.1. The largest absolute Gasteiger partial charge is 0.351 e. The van der Waals surface area contributed by atoms with E-state index in [1.807, 2.05) is 18.2 Å². The normalized spacial score (nSPS) is 14.4. The van der Waals surface area contributed by atoms with Crippen molar-refractivity contribution in [1.29, 1.82) is 0 Å². The Morgan fingerprint density at radius 2 is 1.76 bits per heavy atom. The molecule has 1 aromatic heterocycles. The van der Waals surface area contributed by atoms with Gasteiger partial charge in [0.25, 0.3) is 5.91 Å². The second-order valence-electron chi connectivity index (χ2n) is 8.54. The zero-order valence-corrected chi connectivity index (χ0v) is 20.2. The first-order valence-corrected chi connectivity index (χ1v) is 12.7. The van der Waals surface area contributed by atoms with Gasteiger partial charge in [0.2, 0.25) is 5.13 Å². The molecular weight excluding hydrogens is 430 g/mol. The highest BCUT2D eigenvalue weighted by Gasteiger charge is 2.20. The molecule has 2 aromatic carbocycles. The average molecular weight is 464 g/mol. The molecule has 0 spiro atoms. The Balaban J connectivity index is 1.17. The zero-order chi connectivity index (χ0) is 22.9. The summed E-state index contributed by atoms with van der Waals surface area (Å²) in [5.74, 6) is 0.903. The van der Waals surface area contributed by atoms with Crippen molar-refractivity contribution in [3.63, 3.8) is 0 Å². The molecule has 1 amide bonds. The number of rotatable bonds is 10. The quantitative estimate of drug-likeness (QED) is 0.492. The van der Waals surface area contributed by atoms with Crippen LogP contribution in [0.15, 0.2) is 54.6 Å². The summed E-state index contributed by atoms with van der Waals surface area (Å²) in [7, 11) is 0. The van der Waals surface area contributed by atoms with Gasteiger partial charge in [-0.3, -0.25) is 9.69 Å². The molecule has 0 atom stereocenters. The number of amides is 1. The molecule has 0 bridgehead atoms. The predicted octanol–water partition coefficient (Wildman–Crippen LogP) is 4.02. The van der Waals surface area contributed by atoms with Crippen LogP contribution in [0.1, 0.15) is 47.1 Å². The van der Waals surface area contributed by atoms with E-state index in [9.17, 15) is 4.79 Å². The highest BCUT2D eigenvalue weighted by molar-refractivity contribution is 7.09. The fourth-order valence-electron chi connectivity index (χ4n) is 4.02. The molecule has 0 saturated carbocycles. The van der Waals surface area contributed by atoms with Crippen LogP contribution >= 0.6 is 11.5 Å². The first-order chi connectivity index (χ1) is 16.2. The molecule has 3 aromatic rings. The van der Waals surface area contributed by atoms with E-state index >= 15 is 0 Å². The summed E-state index contributed by atoms with van der Waals surface area (Å²) in [6, 6.07) is 18.4. The summed E-state index contributed by atoms with van der Waals surface area (Å²) in [4.78, 5) is 21.9. The van der Waals surface area contributed by atoms with Crippen LogP contribution in [0.25, 0.3) is 0 Å². The van der Waals surface area contributed by atoms with Crippen LogP contribution in [0, 0.1) is 0 Å². The van der Waals surface area contributed by atoms with Crippen LogP contribution in [0.3, 0.4) is 0 Å². The fraction of sp³-hybridized carbons (Fsp3) is 0.423. The van der Waals surface area contributed by atoms with E-state index in [2.05, 4.69) is 62.8 Å². The van der Waals surface area contributed by atoms with Crippen molar-refractivity contribution in [3.05, 3.63) is 77.1 Å². The lowest BCUT2D eigenvalue weighted by molar-refractivity contribution is 0.0948. The molecule has 0 radical (unpaired) electrons. The number of anilines is 1. The molecule has 0 aliphatic carbocycles. The second-order valence-corrected chi connectivity index (χ2v) is 9.27. The third-order valence-corrected chi connectivity index (χ3v) is 6.87. The molecule has 33 heavy (non-hydrogen) atoms. The topological polar surface area (TPSA) is 61.4 Å². The lowest BCUT2D eigenvalue weighted by Crippen LogP contribution is -2.48. The Hall–Kier alpha value is -2.77. The van der Waals surface area contributed by atoms with Crippen LogP contribution in [0.2, 0.25) is 0 Å². The fourth-order valence-corrected chi connectivity index (χ4v) is 4.76. The van der Waals surface area contributed by atoms with Crippen LogP contribution in [-0.4, -0.2) is 59.4 Å². The van der Waals surface area contributed by atoms with Gasteiger partial charge in [-0.1, -0.05) is 55.8 Å². The predicted molar refractivity (Wildman–Crippen MR) is 135 cm³/mol. The van der Waals surface area contributed by atoms with Gasteiger partial charge in [0.1, 0.15) is 5.82 Å².